The first-order chi connectivity index (χ1) is 12.2. The number of halogens is 1. The van der Waals surface area contributed by atoms with Crippen LogP contribution in [0.3, 0.4) is 0 Å². The minimum atomic E-state index is 0.474. The minimum absolute atomic E-state index is 0.474. The van der Waals surface area contributed by atoms with Gasteiger partial charge in [0, 0.05) is 23.8 Å². The molecule has 2 heterocycles. The number of nitrogens with one attached hydrogen (secondary N) is 1. The van der Waals surface area contributed by atoms with Crippen molar-refractivity contribution in [2.75, 3.05) is 16.8 Å². The number of hydrogen-bond donors (Lipinski definition) is 1. The van der Waals surface area contributed by atoms with E-state index in [-0.39, 0.29) is 0 Å². The second kappa shape index (κ2) is 6.69. The first-order valence-corrected chi connectivity index (χ1v) is 8.62. The molecule has 0 atom stereocenters. The molecule has 0 saturated heterocycles. The Hall–Kier alpha value is -2.66. The third kappa shape index (κ3) is 3.28. The van der Waals surface area contributed by atoms with E-state index in [0.29, 0.717) is 11.0 Å². The average molecular weight is 352 g/mol. The van der Waals surface area contributed by atoms with Gasteiger partial charge in [-0.3, -0.25) is 0 Å². The summed E-state index contributed by atoms with van der Waals surface area (Å²) in [5.41, 5.74) is 4.60. The molecule has 3 aromatic rings. The van der Waals surface area contributed by atoms with Crippen LogP contribution in [0.5, 0.6) is 0 Å². The predicted molar refractivity (Wildman–Crippen MR) is 100 cm³/mol. The second-order valence-electron chi connectivity index (χ2n) is 6.12. The van der Waals surface area contributed by atoms with Gasteiger partial charge >= 0.3 is 0 Å². The molecule has 0 aliphatic carbocycles. The van der Waals surface area contributed by atoms with E-state index < -0.39 is 0 Å². The highest BCUT2D eigenvalue weighted by molar-refractivity contribution is 6.31. The Balaban J connectivity index is 1.57. The lowest BCUT2D eigenvalue weighted by molar-refractivity contribution is 0.715. The molecule has 2 aromatic carbocycles. The van der Waals surface area contributed by atoms with Crippen LogP contribution in [0.2, 0.25) is 5.02 Å². The number of benzene rings is 2. The Kier molecular flexibility index (Phi) is 4.24. The molecular formula is C19H18ClN5. The van der Waals surface area contributed by atoms with E-state index in [0.717, 1.165) is 36.6 Å². The molecule has 0 fully saturated rings. The summed E-state index contributed by atoms with van der Waals surface area (Å²) in [5, 5.41) is 12.1. The number of fused-ring (bicyclic) bond motifs is 1. The van der Waals surface area contributed by atoms with Gasteiger partial charge in [0.1, 0.15) is 0 Å². The third-order valence-electron chi connectivity index (χ3n) is 4.51. The van der Waals surface area contributed by atoms with Crippen LogP contribution < -0.4 is 10.2 Å². The molecule has 1 aliphatic rings. The number of rotatable bonds is 3. The fourth-order valence-electron chi connectivity index (χ4n) is 3.05. The Bertz CT molecular complexity index is 912. The first-order valence-electron chi connectivity index (χ1n) is 8.24. The van der Waals surface area contributed by atoms with Crippen molar-refractivity contribution in [3.63, 3.8) is 0 Å². The highest BCUT2D eigenvalue weighted by Crippen LogP contribution is 2.26. The van der Waals surface area contributed by atoms with Crippen LogP contribution in [0.15, 0.2) is 48.7 Å². The van der Waals surface area contributed by atoms with Gasteiger partial charge in [-0.15, -0.1) is 5.10 Å². The lowest BCUT2D eigenvalue weighted by atomic mass is 10.0. The summed E-state index contributed by atoms with van der Waals surface area (Å²) >= 11 is 6.18. The van der Waals surface area contributed by atoms with Crippen LogP contribution in [-0.4, -0.2) is 21.7 Å². The molecule has 0 saturated carbocycles. The lowest BCUT2D eigenvalue weighted by Gasteiger charge is -2.29. The van der Waals surface area contributed by atoms with Gasteiger partial charge in [0.25, 0.3) is 0 Å². The fraction of sp³-hybridized carbons (Fsp3) is 0.211. The maximum Gasteiger partial charge on any atom is 0.249 e. The molecule has 6 heteroatoms. The largest absolute Gasteiger partial charge is 0.350 e. The van der Waals surface area contributed by atoms with Crippen molar-refractivity contribution >= 4 is 29.1 Å². The lowest BCUT2D eigenvalue weighted by Crippen LogP contribution is -2.31. The molecule has 126 valence electrons. The van der Waals surface area contributed by atoms with E-state index in [1.54, 1.807) is 6.20 Å². The molecule has 5 nitrogen and oxygen atoms in total. The number of anilines is 3. The highest BCUT2D eigenvalue weighted by atomic mass is 35.5. The van der Waals surface area contributed by atoms with E-state index in [1.165, 1.54) is 11.1 Å². The molecule has 1 aliphatic heterocycles. The van der Waals surface area contributed by atoms with Crippen molar-refractivity contribution in [2.45, 2.75) is 19.9 Å². The minimum Gasteiger partial charge on any atom is -0.350 e. The van der Waals surface area contributed by atoms with Crippen LogP contribution in [0.4, 0.5) is 17.5 Å². The van der Waals surface area contributed by atoms with Crippen LogP contribution in [-0.2, 0) is 13.0 Å². The zero-order chi connectivity index (χ0) is 17.2. The maximum atomic E-state index is 6.18. The summed E-state index contributed by atoms with van der Waals surface area (Å²) in [6.45, 7) is 3.72. The van der Waals surface area contributed by atoms with Gasteiger partial charge in [0.15, 0.2) is 5.82 Å². The van der Waals surface area contributed by atoms with Crippen LogP contribution in [0.1, 0.15) is 16.7 Å². The zero-order valence-corrected chi connectivity index (χ0v) is 14.7. The van der Waals surface area contributed by atoms with Gasteiger partial charge in [-0.2, -0.15) is 10.1 Å². The summed E-state index contributed by atoms with van der Waals surface area (Å²) in [6, 6.07) is 14.3. The Morgan fingerprint density at radius 3 is 2.80 bits per heavy atom. The SMILES string of the molecule is Cc1c(Cl)cccc1Nc1nncc(N2CCc3ccccc3C2)n1. The average Bonchev–Trinajstić information content (AvgIpc) is 2.65. The molecule has 0 amide bonds. The standard InChI is InChI=1S/C19H18ClN5/c1-13-16(20)7-4-8-17(13)22-19-23-18(11-21-24-19)25-10-9-14-5-2-3-6-15(14)12-25/h2-8,11H,9-10,12H2,1H3,(H,22,23,24). The monoisotopic (exact) mass is 351 g/mol. The highest BCUT2D eigenvalue weighted by Gasteiger charge is 2.18. The Morgan fingerprint density at radius 2 is 1.92 bits per heavy atom. The van der Waals surface area contributed by atoms with E-state index in [9.17, 15) is 0 Å². The number of nitrogens with zero attached hydrogens (tertiary/aromatic N) is 4. The summed E-state index contributed by atoms with van der Waals surface area (Å²) in [7, 11) is 0. The van der Waals surface area contributed by atoms with Crippen molar-refractivity contribution in [3.05, 3.63) is 70.4 Å². The maximum absolute atomic E-state index is 6.18. The van der Waals surface area contributed by atoms with Gasteiger partial charge in [-0.05, 0) is 42.2 Å². The van der Waals surface area contributed by atoms with Gasteiger partial charge in [-0.1, -0.05) is 41.9 Å². The molecule has 1 aromatic heterocycles. The van der Waals surface area contributed by atoms with E-state index in [2.05, 4.69) is 49.7 Å². The Labute approximate surface area is 151 Å². The van der Waals surface area contributed by atoms with Gasteiger partial charge in [0.05, 0.1) is 6.20 Å². The number of hydrogen-bond acceptors (Lipinski definition) is 5. The predicted octanol–water partition coefficient (Wildman–Crippen LogP) is 4.14. The van der Waals surface area contributed by atoms with E-state index in [1.807, 2.05) is 25.1 Å². The summed E-state index contributed by atoms with van der Waals surface area (Å²) < 4.78 is 0. The normalized spacial score (nSPS) is 13.4. The third-order valence-corrected chi connectivity index (χ3v) is 4.92. The van der Waals surface area contributed by atoms with Crippen molar-refractivity contribution < 1.29 is 0 Å². The smallest absolute Gasteiger partial charge is 0.249 e. The molecule has 4 rings (SSSR count). The summed E-state index contributed by atoms with van der Waals surface area (Å²) in [5.74, 6) is 1.30. The molecule has 1 N–H and O–H groups in total. The zero-order valence-electron chi connectivity index (χ0n) is 13.9. The van der Waals surface area contributed by atoms with Crippen LogP contribution in [0.25, 0.3) is 0 Å². The Morgan fingerprint density at radius 1 is 1.08 bits per heavy atom. The van der Waals surface area contributed by atoms with Crippen LogP contribution >= 0.6 is 11.6 Å². The van der Waals surface area contributed by atoms with Gasteiger partial charge in [-0.25, -0.2) is 0 Å². The fourth-order valence-corrected chi connectivity index (χ4v) is 3.23. The molecule has 0 spiro atoms. The second-order valence-corrected chi connectivity index (χ2v) is 6.52. The van der Waals surface area contributed by atoms with Crippen molar-refractivity contribution in [1.29, 1.82) is 0 Å². The molecular weight excluding hydrogens is 334 g/mol. The van der Waals surface area contributed by atoms with Crippen molar-refractivity contribution in [1.82, 2.24) is 15.2 Å². The quantitative estimate of drug-likeness (QED) is 0.768. The molecule has 0 unspecified atom stereocenters. The summed E-state index contributed by atoms with van der Waals surface area (Å²) in [6.07, 6.45) is 2.72. The molecule has 0 bridgehead atoms. The number of aromatic nitrogens is 3. The first kappa shape index (κ1) is 15.8. The summed E-state index contributed by atoms with van der Waals surface area (Å²) in [4.78, 5) is 6.86. The van der Waals surface area contributed by atoms with Gasteiger partial charge in [0.2, 0.25) is 5.95 Å². The van der Waals surface area contributed by atoms with Crippen molar-refractivity contribution in [2.24, 2.45) is 0 Å². The van der Waals surface area contributed by atoms with Crippen LogP contribution in [0, 0.1) is 6.92 Å². The molecule has 0 radical (unpaired) electrons. The topological polar surface area (TPSA) is 53.9 Å². The van der Waals surface area contributed by atoms with E-state index in [4.69, 9.17) is 11.6 Å². The van der Waals surface area contributed by atoms with E-state index >= 15 is 0 Å². The van der Waals surface area contributed by atoms with Gasteiger partial charge < -0.3 is 10.2 Å². The molecule has 25 heavy (non-hydrogen) atoms. The van der Waals surface area contributed by atoms with Crippen molar-refractivity contribution in [3.8, 4) is 0 Å².